The van der Waals surface area contributed by atoms with Crippen LogP contribution in [0.3, 0.4) is 0 Å². The second kappa shape index (κ2) is 16.4. The number of ether oxygens (including phenoxy) is 2. The van der Waals surface area contributed by atoms with E-state index in [4.69, 9.17) is 19.4 Å². The molecule has 9 aromatic rings. The molecule has 9 rings (SSSR count). The zero-order valence-corrected chi connectivity index (χ0v) is 29.3. The monoisotopic (exact) mass is 756 g/mol. The maximum Gasteiger partial charge on any atom is 2.00 e. The van der Waals surface area contributed by atoms with Crippen molar-refractivity contribution in [2.24, 2.45) is 0 Å². The van der Waals surface area contributed by atoms with Gasteiger partial charge >= 0.3 is 19.5 Å². The van der Waals surface area contributed by atoms with Crippen LogP contribution in [0.25, 0.3) is 66.6 Å². The van der Waals surface area contributed by atoms with Crippen LogP contribution in [0.1, 0.15) is 0 Å². The predicted molar refractivity (Wildman–Crippen MR) is 196 cm³/mol. The summed E-state index contributed by atoms with van der Waals surface area (Å²) in [5.41, 5.74) is 8.38. The van der Waals surface area contributed by atoms with E-state index in [-0.39, 0.29) is 19.5 Å². The number of methoxy groups -OCH3 is 2. The summed E-state index contributed by atoms with van der Waals surface area (Å²) in [4.78, 5) is 35.5. The minimum Gasteiger partial charge on any atom is -0.493 e. The van der Waals surface area contributed by atoms with Crippen molar-refractivity contribution in [1.82, 2.24) is 39.9 Å². The maximum absolute atomic E-state index is 5.40. The van der Waals surface area contributed by atoms with Crippen LogP contribution in [0.15, 0.2) is 146 Å². The molecule has 0 fully saturated rings. The maximum atomic E-state index is 5.40. The van der Waals surface area contributed by atoms with E-state index in [1.54, 1.807) is 51.4 Å². The largest absolute Gasteiger partial charge is 2.00 e. The van der Waals surface area contributed by atoms with Gasteiger partial charge in [-0.15, -0.1) is 0 Å². The van der Waals surface area contributed by atoms with E-state index < -0.39 is 0 Å². The van der Waals surface area contributed by atoms with Gasteiger partial charge in [-0.25, -0.2) is 9.97 Å². The summed E-state index contributed by atoms with van der Waals surface area (Å²) in [5, 5.41) is 1.86. The molecule has 2 aromatic carbocycles. The molecule has 0 bridgehead atoms. The van der Waals surface area contributed by atoms with Gasteiger partial charge in [-0.1, -0.05) is 24.3 Å². The van der Waals surface area contributed by atoms with E-state index in [1.165, 1.54) is 0 Å². The molecule has 0 aliphatic carbocycles. The molecule has 0 radical (unpaired) electrons. The van der Waals surface area contributed by atoms with Crippen LogP contribution in [0.4, 0.5) is 0 Å². The number of rotatable bonds is 4. The van der Waals surface area contributed by atoms with Gasteiger partial charge in [-0.05, 0) is 72.8 Å². The molecule has 0 N–H and O–H groups in total. The Morgan fingerprint density at radius 2 is 0.706 bits per heavy atom. The molecule has 11 heteroatoms. The Kier molecular flexibility index (Phi) is 11.1. The fourth-order valence-electron chi connectivity index (χ4n) is 5.39. The molecule has 7 heterocycles. The first-order chi connectivity index (χ1) is 24.7. The minimum absolute atomic E-state index is 0. The van der Waals surface area contributed by atoms with Crippen LogP contribution in [-0.2, 0) is 19.5 Å². The van der Waals surface area contributed by atoms with Gasteiger partial charge in [-0.3, -0.25) is 29.9 Å². The minimum atomic E-state index is 0. The molecule has 248 valence electrons. The van der Waals surface area contributed by atoms with Crippen molar-refractivity contribution in [1.29, 1.82) is 0 Å². The molecular weight excluding hydrogens is 726 g/mol. The molecule has 51 heavy (non-hydrogen) atoms. The average Bonchev–Trinajstić information content (AvgIpc) is 3.21. The summed E-state index contributed by atoms with van der Waals surface area (Å²) in [5.74, 6) is 1.25. The first kappa shape index (κ1) is 34.5. The molecule has 0 amide bonds. The Morgan fingerprint density at radius 3 is 1.00 bits per heavy atom. The Hall–Kier alpha value is -6.32. The number of nitrogens with zero attached hydrogens (tertiary/aromatic N) is 8. The molecule has 0 atom stereocenters. The molecule has 0 aliphatic heterocycles. The molecule has 7 aromatic heterocycles. The second-order valence-corrected chi connectivity index (χ2v) is 10.8. The van der Waals surface area contributed by atoms with Gasteiger partial charge in [0.05, 0.1) is 70.1 Å². The summed E-state index contributed by atoms with van der Waals surface area (Å²) < 4.78 is 10.8. The third-order valence-electron chi connectivity index (χ3n) is 7.70. The zero-order valence-electron chi connectivity index (χ0n) is 27.6. The number of fused-ring (bicyclic) bond motifs is 7. The topological polar surface area (TPSA) is 122 Å². The number of pyridine rings is 6. The van der Waals surface area contributed by atoms with Gasteiger partial charge in [0.15, 0.2) is 11.5 Å². The van der Waals surface area contributed by atoms with Crippen molar-refractivity contribution in [3.63, 3.8) is 0 Å². The molecular formula is C40H30N8O2Ru+2. The smallest absolute Gasteiger partial charge is 0.493 e. The van der Waals surface area contributed by atoms with E-state index in [9.17, 15) is 0 Å². The van der Waals surface area contributed by atoms with Crippen LogP contribution < -0.4 is 9.47 Å². The van der Waals surface area contributed by atoms with Crippen LogP contribution in [0.2, 0.25) is 0 Å². The Balaban J connectivity index is 0.000000149. The summed E-state index contributed by atoms with van der Waals surface area (Å²) >= 11 is 0. The van der Waals surface area contributed by atoms with E-state index in [0.717, 1.165) is 66.6 Å². The summed E-state index contributed by atoms with van der Waals surface area (Å²) in [6.07, 6.45) is 10.6. The van der Waals surface area contributed by atoms with Crippen molar-refractivity contribution < 1.29 is 29.0 Å². The zero-order chi connectivity index (χ0) is 34.1. The summed E-state index contributed by atoms with van der Waals surface area (Å²) in [6, 6.07) is 34.7. The summed E-state index contributed by atoms with van der Waals surface area (Å²) in [6.45, 7) is 0. The molecule has 0 unspecified atom stereocenters. The standard InChI is InChI=1S/C20H14N4O2.2C10H8N2.Ru/c1-25-15-9-13-14(10-16(15)26-2)24-20-12-6-4-8-22-18(12)17-11(19(20)23-13)5-3-7-21-17;2*1-3-7-11-9(5-1)10-6-2-4-8-12-10;/h3-10H,1-2H3;2*1-8H;/q;;;+2. The van der Waals surface area contributed by atoms with Gasteiger partial charge in [0, 0.05) is 60.1 Å². The Labute approximate surface area is 306 Å². The number of benzene rings is 2. The third-order valence-corrected chi connectivity index (χ3v) is 7.70. The van der Waals surface area contributed by atoms with Crippen molar-refractivity contribution in [3.05, 3.63) is 146 Å². The van der Waals surface area contributed by atoms with Crippen molar-refractivity contribution in [2.75, 3.05) is 14.2 Å². The number of aromatic nitrogens is 8. The van der Waals surface area contributed by atoms with Crippen molar-refractivity contribution in [2.45, 2.75) is 0 Å². The molecule has 0 saturated carbocycles. The van der Waals surface area contributed by atoms with Gasteiger partial charge in [0.1, 0.15) is 0 Å². The van der Waals surface area contributed by atoms with E-state index in [2.05, 4.69) is 29.9 Å². The quantitative estimate of drug-likeness (QED) is 0.0988. The average molecular weight is 756 g/mol. The Bertz CT molecular complexity index is 2260. The van der Waals surface area contributed by atoms with Gasteiger partial charge in [0.25, 0.3) is 0 Å². The SMILES string of the molecule is COc1cc2nc3c4cccnc4c4ncccc4c3nc2cc1OC.[Ru+2].c1ccc(-c2ccccn2)nc1.c1ccc(-c2ccccn2)nc1. The fraction of sp³-hybridized carbons (Fsp3) is 0.0500. The van der Waals surface area contributed by atoms with E-state index in [0.29, 0.717) is 11.5 Å². The van der Waals surface area contributed by atoms with Crippen molar-refractivity contribution in [3.8, 4) is 34.3 Å². The third kappa shape index (κ3) is 7.64. The molecule has 10 nitrogen and oxygen atoms in total. The van der Waals surface area contributed by atoms with Gasteiger partial charge < -0.3 is 9.47 Å². The number of hydrogen-bond acceptors (Lipinski definition) is 10. The van der Waals surface area contributed by atoms with Crippen LogP contribution in [-0.4, -0.2) is 54.1 Å². The number of hydrogen-bond donors (Lipinski definition) is 0. The molecule has 0 spiro atoms. The van der Waals surface area contributed by atoms with E-state index in [1.807, 2.05) is 109 Å². The van der Waals surface area contributed by atoms with E-state index >= 15 is 0 Å². The van der Waals surface area contributed by atoms with Gasteiger partial charge in [0.2, 0.25) is 0 Å². The fourth-order valence-corrected chi connectivity index (χ4v) is 5.39. The van der Waals surface area contributed by atoms with Gasteiger partial charge in [-0.2, -0.15) is 0 Å². The van der Waals surface area contributed by atoms with Crippen molar-refractivity contribution >= 4 is 43.9 Å². The predicted octanol–water partition coefficient (Wildman–Crippen LogP) is 8.18. The first-order valence-electron chi connectivity index (χ1n) is 15.7. The summed E-state index contributed by atoms with van der Waals surface area (Å²) in [7, 11) is 3.22. The second-order valence-electron chi connectivity index (χ2n) is 10.8. The van der Waals surface area contributed by atoms with Crippen LogP contribution >= 0.6 is 0 Å². The Morgan fingerprint density at radius 1 is 0.373 bits per heavy atom. The molecule has 0 aliphatic rings. The first-order valence-corrected chi connectivity index (χ1v) is 15.7. The normalized spacial score (nSPS) is 10.4. The molecule has 0 saturated heterocycles. The van der Waals surface area contributed by atoms with Crippen LogP contribution in [0, 0.1) is 0 Å². The van der Waals surface area contributed by atoms with Crippen LogP contribution in [0.5, 0.6) is 11.5 Å².